The van der Waals surface area contributed by atoms with Crippen LogP contribution >= 0.6 is 0 Å². The van der Waals surface area contributed by atoms with Crippen LogP contribution in [-0.4, -0.2) is 26.5 Å². The van der Waals surface area contributed by atoms with Gasteiger partial charge in [-0.2, -0.15) is 5.10 Å². The van der Waals surface area contributed by atoms with E-state index >= 15 is 0 Å². The van der Waals surface area contributed by atoms with Crippen LogP contribution in [0, 0.1) is 0 Å². The molecule has 1 heterocycles. The Kier molecular flexibility index (Phi) is 4.27. The molecule has 0 unspecified atom stereocenters. The average Bonchev–Trinajstić information content (AvgIpc) is 2.50. The molecule has 0 amide bonds. The van der Waals surface area contributed by atoms with Crippen molar-refractivity contribution < 1.29 is 10.0 Å². The molecule has 6 nitrogen and oxygen atoms in total. The van der Waals surface area contributed by atoms with E-state index in [0.717, 1.165) is 0 Å². The summed E-state index contributed by atoms with van der Waals surface area (Å²) in [4.78, 5) is 24.0. The van der Waals surface area contributed by atoms with Gasteiger partial charge in [0.05, 0.1) is 6.04 Å². The third-order valence-corrected chi connectivity index (χ3v) is 2.91. The van der Waals surface area contributed by atoms with Crippen LogP contribution in [-0.2, 0) is 0 Å². The topological polar surface area (TPSA) is 84.5 Å². The Hall–Kier alpha value is -2.76. The summed E-state index contributed by atoms with van der Waals surface area (Å²) in [5.74, 6) is -0.459. The summed E-state index contributed by atoms with van der Waals surface area (Å²) in [6, 6.07) is 10.9. The molecule has 0 atom stereocenters. The van der Waals surface area contributed by atoms with E-state index in [9.17, 15) is 9.59 Å². The number of benzene rings is 1. The Balaban J connectivity index is 2.46. The number of oxime groups is 1. The third-order valence-electron chi connectivity index (χ3n) is 2.91. The Bertz CT molecular complexity index is 733. The van der Waals surface area contributed by atoms with Crippen molar-refractivity contribution in [2.75, 3.05) is 0 Å². The molecule has 0 saturated heterocycles. The number of carbonyl (C=O) groups is 1. The maximum Gasteiger partial charge on any atom is 0.267 e. The summed E-state index contributed by atoms with van der Waals surface area (Å²) < 4.78 is 1.23. The lowest BCUT2D eigenvalue weighted by molar-refractivity contribution is 0.106. The molecule has 0 bridgehead atoms. The number of hydrogen-bond acceptors (Lipinski definition) is 5. The van der Waals surface area contributed by atoms with Gasteiger partial charge in [0.25, 0.3) is 5.56 Å². The van der Waals surface area contributed by atoms with Gasteiger partial charge in [-0.15, -0.1) is 0 Å². The Labute approximate surface area is 121 Å². The largest absolute Gasteiger partial charge is 0.410 e. The minimum absolute atomic E-state index is 0.152. The van der Waals surface area contributed by atoms with Crippen molar-refractivity contribution in [2.24, 2.45) is 5.16 Å². The number of hydrogen-bond donors (Lipinski definition) is 1. The summed E-state index contributed by atoms with van der Waals surface area (Å²) >= 11 is 0. The third kappa shape index (κ3) is 3.05. The van der Waals surface area contributed by atoms with E-state index in [0.29, 0.717) is 5.56 Å². The minimum Gasteiger partial charge on any atom is -0.410 e. The molecule has 0 aliphatic heterocycles. The Morgan fingerprint density at radius 1 is 1.19 bits per heavy atom. The maximum absolute atomic E-state index is 12.3. The number of ketones is 1. The minimum atomic E-state index is -0.459. The monoisotopic (exact) mass is 285 g/mol. The standard InChI is InChI=1S/C15H15N3O3/c1-10(2)18-13(19)9-8-12(16-18)14(17-21)15(20)11-6-4-3-5-7-11/h3-10,21H,1-2H3/b17-14-. The van der Waals surface area contributed by atoms with Crippen molar-refractivity contribution in [3.05, 3.63) is 64.1 Å². The van der Waals surface area contributed by atoms with Gasteiger partial charge in [-0.25, -0.2) is 4.68 Å². The first kappa shape index (κ1) is 14.6. The van der Waals surface area contributed by atoms with E-state index < -0.39 is 5.78 Å². The first-order valence-electron chi connectivity index (χ1n) is 6.46. The van der Waals surface area contributed by atoms with E-state index in [1.165, 1.54) is 16.8 Å². The molecule has 2 aromatic rings. The SMILES string of the molecule is CC(C)n1nc(/C(=N/O)C(=O)c2ccccc2)ccc1=O. The fourth-order valence-electron chi connectivity index (χ4n) is 1.86. The number of carbonyl (C=O) groups excluding carboxylic acids is 1. The second-order valence-electron chi connectivity index (χ2n) is 4.74. The second kappa shape index (κ2) is 6.13. The summed E-state index contributed by atoms with van der Waals surface area (Å²) in [6.45, 7) is 3.60. The highest BCUT2D eigenvalue weighted by atomic mass is 16.4. The van der Waals surface area contributed by atoms with Crippen molar-refractivity contribution in [2.45, 2.75) is 19.9 Å². The van der Waals surface area contributed by atoms with Gasteiger partial charge >= 0.3 is 0 Å². The lowest BCUT2D eigenvalue weighted by Crippen LogP contribution is -2.28. The van der Waals surface area contributed by atoms with Crippen LogP contribution in [0.4, 0.5) is 0 Å². The molecule has 1 aromatic carbocycles. The second-order valence-corrected chi connectivity index (χ2v) is 4.74. The molecule has 1 N–H and O–H groups in total. The van der Waals surface area contributed by atoms with Crippen LogP contribution in [0.25, 0.3) is 0 Å². The predicted octanol–water partition coefficient (Wildman–Crippen LogP) is 1.89. The van der Waals surface area contributed by atoms with Crippen molar-refractivity contribution in [3.8, 4) is 0 Å². The molecule has 2 rings (SSSR count). The summed E-state index contributed by atoms with van der Waals surface area (Å²) in [5, 5.41) is 16.3. The van der Waals surface area contributed by atoms with Crippen LogP contribution in [0.5, 0.6) is 0 Å². The average molecular weight is 285 g/mol. The van der Waals surface area contributed by atoms with Crippen molar-refractivity contribution in [1.82, 2.24) is 9.78 Å². The summed E-state index contributed by atoms with van der Waals surface area (Å²) in [6.07, 6.45) is 0. The Morgan fingerprint density at radius 3 is 2.43 bits per heavy atom. The molecule has 0 aliphatic carbocycles. The molecule has 1 aromatic heterocycles. The number of nitrogens with zero attached hydrogens (tertiary/aromatic N) is 3. The molecule has 108 valence electrons. The highest BCUT2D eigenvalue weighted by Crippen LogP contribution is 2.07. The van der Waals surface area contributed by atoms with Gasteiger partial charge in [0.15, 0.2) is 5.71 Å². The first-order chi connectivity index (χ1) is 10.0. The normalized spacial score (nSPS) is 11.7. The predicted molar refractivity (Wildman–Crippen MR) is 78.0 cm³/mol. The molecule has 0 spiro atoms. The molecule has 6 heteroatoms. The lowest BCUT2D eigenvalue weighted by Gasteiger charge is -2.10. The molecular formula is C15H15N3O3. The zero-order chi connectivity index (χ0) is 15.4. The van der Waals surface area contributed by atoms with Gasteiger partial charge < -0.3 is 5.21 Å². The fourth-order valence-corrected chi connectivity index (χ4v) is 1.86. The van der Waals surface area contributed by atoms with Gasteiger partial charge in [0.2, 0.25) is 5.78 Å². The van der Waals surface area contributed by atoms with Gasteiger partial charge in [0, 0.05) is 11.6 Å². The highest BCUT2D eigenvalue weighted by Gasteiger charge is 2.19. The molecular weight excluding hydrogens is 270 g/mol. The number of rotatable bonds is 4. The van der Waals surface area contributed by atoms with Crippen molar-refractivity contribution in [1.29, 1.82) is 0 Å². The van der Waals surface area contributed by atoms with Gasteiger partial charge in [-0.3, -0.25) is 9.59 Å². The van der Waals surface area contributed by atoms with Crippen LogP contribution in [0.15, 0.2) is 52.4 Å². The molecule has 0 aliphatic rings. The van der Waals surface area contributed by atoms with E-state index in [2.05, 4.69) is 10.3 Å². The summed E-state index contributed by atoms with van der Waals surface area (Å²) in [5.41, 5.74) is 0.0582. The number of Topliss-reactive ketones (excluding diaryl/α,β-unsaturated/α-hetero) is 1. The molecule has 0 radical (unpaired) electrons. The Morgan fingerprint density at radius 2 is 1.86 bits per heavy atom. The van der Waals surface area contributed by atoms with Crippen LogP contribution in [0.2, 0.25) is 0 Å². The van der Waals surface area contributed by atoms with Gasteiger partial charge in [-0.05, 0) is 19.9 Å². The fraction of sp³-hybridized carbons (Fsp3) is 0.200. The van der Waals surface area contributed by atoms with Crippen molar-refractivity contribution >= 4 is 11.5 Å². The smallest absolute Gasteiger partial charge is 0.267 e. The van der Waals surface area contributed by atoms with E-state index in [1.807, 2.05) is 0 Å². The quantitative estimate of drug-likeness (QED) is 0.402. The zero-order valence-electron chi connectivity index (χ0n) is 11.7. The van der Waals surface area contributed by atoms with E-state index in [-0.39, 0.29) is 23.0 Å². The number of aromatic nitrogens is 2. The van der Waals surface area contributed by atoms with Gasteiger partial charge in [0.1, 0.15) is 5.69 Å². The molecule has 0 fully saturated rings. The zero-order valence-corrected chi connectivity index (χ0v) is 11.7. The van der Waals surface area contributed by atoms with E-state index in [4.69, 9.17) is 5.21 Å². The highest BCUT2D eigenvalue weighted by molar-refractivity contribution is 6.50. The van der Waals surface area contributed by atoms with Gasteiger partial charge in [-0.1, -0.05) is 35.5 Å². The summed E-state index contributed by atoms with van der Waals surface area (Å²) in [7, 11) is 0. The molecule has 21 heavy (non-hydrogen) atoms. The van der Waals surface area contributed by atoms with Crippen LogP contribution in [0.3, 0.4) is 0 Å². The first-order valence-corrected chi connectivity index (χ1v) is 6.46. The lowest BCUT2D eigenvalue weighted by atomic mass is 10.0. The maximum atomic E-state index is 12.3. The van der Waals surface area contributed by atoms with Crippen LogP contribution in [0.1, 0.15) is 35.9 Å². The van der Waals surface area contributed by atoms with Crippen LogP contribution < -0.4 is 5.56 Å². The van der Waals surface area contributed by atoms with E-state index in [1.54, 1.807) is 44.2 Å². The molecule has 0 saturated carbocycles. The van der Waals surface area contributed by atoms with Crippen molar-refractivity contribution in [3.63, 3.8) is 0 Å².